The minimum atomic E-state index is -3.03. The van der Waals surface area contributed by atoms with Crippen LogP contribution < -0.4 is 5.73 Å². The first-order valence-corrected chi connectivity index (χ1v) is 7.53. The first-order valence-electron chi connectivity index (χ1n) is 5.82. The molecule has 4 nitrogen and oxygen atoms in total. The molecule has 5 heteroatoms. The smallest absolute Gasteiger partial charge is 0.155 e. The van der Waals surface area contributed by atoms with Crippen molar-refractivity contribution < 1.29 is 13.2 Å². The molecular weight excluding hydrogens is 226 g/mol. The van der Waals surface area contributed by atoms with E-state index in [1.54, 1.807) is 0 Å². The van der Waals surface area contributed by atoms with Gasteiger partial charge >= 0.3 is 0 Å². The zero-order valence-corrected chi connectivity index (χ0v) is 11.2. The topological polar surface area (TPSA) is 69.4 Å². The van der Waals surface area contributed by atoms with Crippen molar-refractivity contribution in [2.45, 2.75) is 45.0 Å². The Balaban J connectivity index is 2.59. The molecule has 0 bridgehead atoms. The van der Waals surface area contributed by atoms with Crippen molar-refractivity contribution in [1.82, 2.24) is 0 Å². The summed E-state index contributed by atoms with van der Waals surface area (Å²) in [5.41, 5.74) is 5.50. The van der Waals surface area contributed by atoms with Crippen LogP contribution in [0, 0.1) is 5.41 Å². The minimum Gasteiger partial charge on any atom is -0.377 e. The molecule has 0 aromatic carbocycles. The summed E-state index contributed by atoms with van der Waals surface area (Å²) in [5, 5.41) is -0.318. The van der Waals surface area contributed by atoms with Gasteiger partial charge in [0.15, 0.2) is 9.84 Å². The van der Waals surface area contributed by atoms with Crippen LogP contribution in [0.2, 0.25) is 0 Å². The molecule has 1 heterocycles. The molecule has 1 fully saturated rings. The van der Waals surface area contributed by atoms with Crippen molar-refractivity contribution in [2.75, 3.05) is 18.9 Å². The zero-order chi connectivity index (χ0) is 12.4. The Hall–Kier alpha value is -0.130. The highest BCUT2D eigenvalue weighted by Gasteiger charge is 2.36. The third kappa shape index (κ3) is 3.43. The molecule has 0 aliphatic carbocycles. The van der Waals surface area contributed by atoms with Crippen LogP contribution in [0.3, 0.4) is 0 Å². The van der Waals surface area contributed by atoms with Crippen LogP contribution >= 0.6 is 0 Å². The van der Waals surface area contributed by atoms with E-state index >= 15 is 0 Å². The van der Waals surface area contributed by atoms with Gasteiger partial charge in [-0.15, -0.1) is 0 Å². The predicted octanol–water partition coefficient (Wildman–Crippen LogP) is 0.954. The summed E-state index contributed by atoms with van der Waals surface area (Å²) < 4.78 is 29.5. The molecule has 0 aromatic heterocycles. The first-order chi connectivity index (χ1) is 7.28. The molecule has 1 aliphatic rings. The van der Waals surface area contributed by atoms with Crippen LogP contribution in [-0.2, 0) is 14.6 Å². The van der Waals surface area contributed by atoms with Gasteiger partial charge in [0.2, 0.25) is 0 Å². The molecule has 1 aliphatic heterocycles. The molecular formula is C11H23NO3S. The fourth-order valence-corrected chi connectivity index (χ4v) is 4.11. The van der Waals surface area contributed by atoms with Crippen LogP contribution in [0.15, 0.2) is 0 Å². The van der Waals surface area contributed by atoms with Gasteiger partial charge in [0.25, 0.3) is 0 Å². The van der Waals surface area contributed by atoms with E-state index in [9.17, 15) is 8.42 Å². The molecule has 0 aromatic rings. The van der Waals surface area contributed by atoms with Crippen molar-refractivity contribution in [2.24, 2.45) is 11.1 Å². The lowest BCUT2D eigenvalue weighted by atomic mass is 9.91. The van der Waals surface area contributed by atoms with Crippen molar-refractivity contribution in [1.29, 1.82) is 0 Å². The molecule has 16 heavy (non-hydrogen) atoms. The van der Waals surface area contributed by atoms with Gasteiger partial charge in [-0.05, 0) is 31.7 Å². The van der Waals surface area contributed by atoms with Crippen molar-refractivity contribution in [3.05, 3.63) is 0 Å². The Labute approximate surface area is 98.5 Å². The molecule has 1 rings (SSSR count). The van der Waals surface area contributed by atoms with Crippen LogP contribution in [0.1, 0.15) is 33.6 Å². The minimum absolute atomic E-state index is 0.101. The Morgan fingerprint density at radius 1 is 1.44 bits per heavy atom. The Morgan fingerprint density at radius 3 is 2.50 bits per heavy atom. The lowest BCUT2D eigenvalue weighted by Crippen LogP contribution is -2.33. The lowest BCUT2D eigenvalue weighted by molar-refractivity contribution is 0.126. The first kappa shape index (κ1) is 13.9. The van der Waals surface area contributed by atoms with E-state index in [-0.39, 0.29) is 22.5 Å². The fraction of sp³-hybridized carbons (Fsp3) is 1.00. The molecule has 2 N–H and O–H groups in total. The monoisotopic (exact) mass is 249 g/mol. The molecule has 0 radical (unpaired) electrons. The Kier molecular flexibility index (Phi) is 4.37. The molecule has 1 saturated heterocycles. The zero-order valence-electron chi connectivity index (χ0n) is 10.4. The van der Waals surface area contributed by atoms with E-state index in [1.807, 2.05) is 20.8 Å². The van der Waals surface area contributed by atoms with Gasteiger partial charge in [0, 0.05) is 6.61 Å². The molecule has 96 valence electrons. The third-order valence-electron chi connectivity index (χ3n) is 3.38. The third-order valence-corrected chi connectivity index (χ3v) is 5.70. The highest BCUT2D eigenvalue weighted by atomic mass is 32.2. The maximum absolute atomic E-state index is 12.1. The number of nitrogens with two attached hydrogens (primary N) is 1. The van der Waals surface area contributed by atoms with Gasteiger partial charge < -0.3 is 10.5 Å². The summed E-state index contributed by atoms with van der Waals surface area (Å²) in [4.78, 5) is 0. The molecule has 0 saturated carbocycles. The summed E-state index contributed by atoms with van der Waals surface area (Å²) in [7, 11) is -3.03. The van der Waals surface area contributed by atoms with E-state index in [0.717, 1.165) is 0 Å². The van der Waals surface area contributed by atoms with Gasteiger partial charge in [0.05, 0.1) is 17.1 Å². The molecule has 0 amide bonds. The normalized spacial score (nSPS) is 27.2. The number of ether oxygens (including phenoxy) is 1. The summed E-state index contributed by atoms with van der Waals surface area (Å²) in [6.45, 7) is 6.90. The molecule has 2 atom stereocenters. The van der Waals surface area contributed by atoms with E-state index < -0.39 is 9.84 Å². The van der Waals surface area contributed by atoms with Crippen LogP contribution in [0.4, 0.5) is 0 Å². The van der Waals surface area contributed by atoms with E-state index in [0.29, 0.717) is 26.0 Å². The largest absolute Gasteiger partial charge is 0.377 e. The summed E-state index contributed by atoms with van der Waals surface area (Å²) in [6, 6.07) is 0. The Morgan fingerprint density at radius 2 is 2.06 bits per heavy atom. The average molecular weight is 249 g/mol. The van der Waals surface area contributed by atoms with Crippen molar-refractivity contribution >= 4 is 9.84 Å². The maximum atomic E-state index is 12.1. The number of sulfone groups is 1. The number of hydrogen-bond donors (Lipinski definition) is 1. The van der Waals surface area contributed by atoms with Gasteiger partial charge in [-0.2, -0.15) is 0 Å². The molecule has 2 unspecified atom stereocenters. The SMILES string of the molecule is CC1OCCC1S(=O)(=O)CCC(C)(C)CN. The van der Waals surface area contributed by atoms with Crippen LogP contribution in [-0.4, -0.2) is 38.7 Å². The second-order valence-electron chi connectivity index (χ2n) is 5.39. The number of rotatable bonds is 5. The standard InChI is InChI=1S/C11H23NO3S/c1-9-10(4-6-15-9)16(13,14)7-5-11(2,3)8-12/h9-10H,4-8,12H2,1-3H3. The number of hydrogen-bond acceptors (Lipinski definition) is 4. The second-order valence-corrected chi connectivity index (χ2v) is 7.73. The molecule has 0 spiro atoms. The summed E-state index contributed by atoms with van der Waals surface area (Å²) in [6.07, 6.45) is 1.09. The quantitative estimate of drug-likeness (QED) is 0.787. The van der Waals surface area contributed by atoms with Crippen LogP contribution in [0.5, 0.6) is 0 Å². The average Bonchev–Trinajstić information content (AvgIpc) is 2.63. The predicted molar refractivity (Wildman–Crippen MR) is 65.1 cm³/mol. The highest BCUT2D eigenvalue weighted by Crippen LogP contribution is 2.25. The van der Waals surface area contributed by atoms with E-state index in [4.69, 9.17) is 10.5 Å². The van der Waals surface area contributed by atoms with Gasteiger partial charge in [-0.1, -0.05) is 13.8 Å². The Bertz CT molecular complexity index is 324. The van der Waals surface area contributed by atoms with Crippen molar-refractivity contribution in [3.8, 4) is 0 Å². The van der Waals surface area contributed by atoms with Crippen molar-refractivity contribution in [3.63, 3.8) is 0 Å². The maximum Gasteiger partial charge on any atom is 0.155 e. The van der Waals surface area contributed by atoms with E-state index in [2.05, 4.69) is 0 Å². The highest BCUT2D eigenvalue weighted by molar-refractivity contribution is 7.92. The van der Waals surface area contributed by atoms with Gasteiger partial charge in [-0.25, -0.2) is 8.42 Å². The van der Waals surface area contributed by atoms with Crippen LogP contribution in [0.25, 0.3) is 0 Å². The second kappa shape index (κ2) is 5.02. The van der Waals surface area contributed by atoms with E-state index in [1.165, 1.54) is 0 Å². The fourth-order valence-electron chi connectivity index (χ4n) is 1.86. The summed E-state index contributed by atoms with van der Waals surface area (Å²) in [5.74, 6) is 0.218. The lowest BCUT2D eigenvalue weighted by Gasteiger charge is -2.23. The van der Waals surface area contributed by atoms with Gasteiger partial charge in [-0.3, -0.25) is 0 Å². The van der Waals surface area contributed by atoms with Gasteiger partial charge in [0.1, 0.15) is 0 Å². The summed E-state index contributed by atoms with van der Waals surface area (Å²) >= 11 is 0.